The molecule has 0 aliphatic rings. The third kappa shape index (κ3) is 5.00. The lowest BCUT2D eigenvalue weighted by molar-refractivity contribution is -0.145. The van der Waals surface area contributed by atoms with Gasteiger partial charge in [0.2, 0.25) is 0 Å². The van der Waals surface area contributed by atoms with Crippen LogP contribution in [0.15, 0.2) is 41.8 Å². The first-order valence-corrected chi connectivity index (χ1v) is 10.0. The van der Waals surface area contributed by atoms with Gasteiger partial charge in [0.1, 0.15) is 11.6 Å². The van der Waals surface area contributed by atoms with Crippen molar-refractivity contribution >= 4 is 46.0 Å². The Hall–Kier alpha value is -2.02. The number of thiazole rings is 1. The van der Waals surface area contributed by atoms with Gasteiger partial charge in [0.15, 0.2) is 5.78 Å². The lowest BCUT2D eigenvalue weighted by Gasteiger charge is -2.02. The molecule has 3 aromatic rings. The van der Waals surface area contributed by atoms with Gasteiger partial charge in [0.05, 0.1) is 21.3 Å². The molecular weight excluding hydrogens is 390 g/mol. The number of thiophene rings is 1. The average molecular weight is 406 g/mol. The van der Waals surface area contributed by atoms with E-state index in [0.29, 0.717) is 14.9 Å². The Morgan fingerprint density at radius 3 is 2.58 bits per heavy atom. The molecule has 0 aliphatic heterocycles. The molecule has 2 heterocycles. The number of Topliss-reactive ketones (excluding diaryl/α,β-unsaturated/α-hetero) is 1. The first-order chi connectivity index (χ1) is 12.5. The van der Waals surface area contributed by atoms with Gasteiger partial charge in [-0.1, -0.05) is 41.4 Å². The molecule has 0 saturated carbocycles. The number of ketones is 1. The second-order valence-electron chi connectivity index (χ2n) is 5.70. The van der Waals surface area contributed by atoms with Crippen LogP contribution in [0.1, 0.15) is 33.8 Å². The Balaban J connectivity index is 1.47. The summed E-state index contributed by atoms with van der Waals surface area (Å²) in [6, 6.07) is 11.5. The minimum Gasteiger partial charge on any atom is -0.459 e. The summed E-state index contributed by atoms with van der Waals surface area (Å²) in [5, 5.41) is 2.77. The highest BCUT2D eigenvalue weighted by molar-refractivity contribution is 7.18. The first-order valence-electron chi connectivity index (χ1n) is 7.97. The van der Waals surface area contributed by atoms with Crippen LogP contribution >= 0.6 is 34.3 Å². The zero-order valence-corrected chi connectivity index (χ0v) is 16.4. The van der Waals surface area contributed by atoms with Crippen LogP contribution in [-0.2, 0) is 16.1 Å². The molecule has 0 saturated heterocycles. The Morgan fingerprint density at radius 2 is 1.88 bits per heavy atom. The van der Waals surface area contributed by atoms with E-state index in [9.17, 15) is 9.59 Å². The minimum absolute atomic E-state index is 0.0449. The normalized spacial score (nSPS) is 10.7. The van der Waals surface area contributed by atoms with E-state index in [4.69, 9.17) is 16.3 Å². The van der Waals surface area contributed by atoms with E-state index < -0.39 is 5.97 Å². The molecule has 0 N–H and O–H groups in total. The highest BCUT2D eigenvalue weighted by atomic mass is 35.5. The highest BCUT2D eigenvalue weighted by Gasteiger charge is 2.13. The van der Waals surface area contributed by atoms with Crippen LogP contribution < -0.4 is 0 Å². The standard InChI is InChI=1S/C19H16ClNO3S2/c1-12-2-4-13(5-3-12)19-21-14(11-25-19)10-24-18(23)9-6-15(22)16-7-8-17(20)26-16/h2-5,7-8,11H,6,9-10H2,1H3. The smallest absolute Gasteiger partial charge is 0.306 e. The molecule has 0 unspecified atom stereocenters. The molecule has 0 bridgehead atoms. The van der Waals surface area contributed by atoms with Crippen molar-refractivity contribution in [3.63, 3.8) is 0 Å². The lowest BCUT2D eigenvalue weighted by Crippen LogP contribution is -2.07. The monoisotopic (exact) mass is 405 g/mol. The van der Waals surface area contributed by atoms with E-state index in [2.05, 4.69) is 4.98 Å². The third-order valence-corrected chi connectivity index (χ3v) is 5.85. The quantitative estimate of drug-likeness (QED) is 0.382. The molecule has 0 fully saturated rings. The number of carbonyl (C=O) groups excluding carboxylic acids is 2. The van der Waals surface area contributed by atoms with E-state index in [1.807, 2.05) is 36.6 Å². The summed E-state index contributed by atoms with van der Waals surface area (Å²) in [5.74, 6) is -0.514. The number of aryl methyl sites for hydroxylation is 1. The zero-order chi connectivity index (χ0) is 18.5. The summed E-state index contributed by atoms with van der Waals surface area (Å²) >= 11 is 8.53. The number of rotatable bonds is 7. The molecule has 1 aromatic carbocycles. The van der Waals surface area contributed by atoms with Crippen LogP contribution in [-0.4, -0.2) is 16.7 Å². The SMILES string of the molecule is Cc1ccc(-c2nc(COC(=O)CCC(=O)c3ccc(Cl)s3)cs2)cc1. The molecule has 0 radical (unpaired) electrons. The molecule has 0 amide bonds. The Bertz CT molecular complexity index is 915. The van der Waals surface area contributed by atoms with Gasteiger partial charge in [-0.15, -0.1) is 22.7 Å². The summed E-state index contributed by atoms with van der Waals surface area (Å²) in [6.07, 6.45) is 0.157. The largest absolute Gasteiger partial charge is 0.459 e. The van der Waals surface area contributed by atoms with Crippen molar-refractivity contribution in [3.05, 3.63) is 62.2 Å². The predicted molar refractivity (Wildman–Crippen MR) is 105 cm³/mol. The number of aromatic nitrogens is 1. The van der Waals surface area contributed by atoms with Gasteiger partial charge >= 0.3 is 5.97 Å². The maximum Gasteiger partial charge on any atom is 0.306 e. The van der Waals surface area contributed by atoms with Crippen molar-refractivity contribution in [2.75, 3.05) is 0 Å². The van der Waals surface area contributed by atoms with Crippen molar-refractivity contribution in [2.24, 2.45) is 0 Å². The summed E-state index contributed by atoms with van der Waals surface area (Å²) in [7, 11) is 0. The number of carbonyl (C=O) groups is 2. The van der Waals surface area contributed by atoms with Crippen LogP contribution in [0.5, 0.6) is 0 Å². The van der Waals surface area contributed by atoms with Gasteiger partial charge < -0.3 is 4.74 Å². The van der Waals surface area contributed by atoms with Crippen molar-refractivity contribution < 1.29 is 14.3 Å². The summed E-state index contributed by atoms with van der Waals surface area (Å²) in [6.45, 7) is 2.15. The molecule has 26 heavy (non-hydrogen) atoms. The van der Waals surface area contributed by atoms with E-state index in [-0.39, 0.29) is 25.2 Å². The third-order valence-electron chi connectivity index (χ3n) is 3.64. The average Bonchev–Trinajstić information content (AvgIpc) is 3.27. The van der Waals surface area contributed by atoms with Crippen LogP contribution in [0.3, 0.4) is 0 Å². The van der Waals surface area contributed by atoms with Crippen molar-refractivity contribution in [1.82, 2.24) is 4.98 Å². The second-order valence-corrected chi connectivity index (χ2v) is 8.27. The van der Waals surface area contributed by atoms with Gasteiger partial charge in [0.25, 0.3) is 0 Å². The molecule has 134 valence electrons. The second kappa shape index (κ2) is 8.58. The van der Waals surface area contributed by atoms with Gasteiger partial charge in [-0.25, -0.2) is 4.98 Å². The van der Waals surface area contributed by atoms with Crippen molar-refractivity contribution in [3.8, 4) is 10.6 Å². The molecule has 0 spiro atoms. The number of esters is 1. The maximum absolute atomic E-state index is 12.0. The number of benzene rings is 1. The van der Waals surface area contributed by atoms with Gasteiger partial charge in [-0.05, 0) is 19.1 Å². The zero-order valence-electron chi connectivity index (χ0n) is 14.0. The lowest BCUT2D eigenvalue weighted by atomic mass is 10.2. The Morgan fingerprint density at radius 1 is 1.12 bits per heavy atom. The number of hydrogen-bond acceptors (Lipinski definition) is 6. The predicted octanol–water partition coefficient (Wildman–Crippen LogP) is 5.54. The number of hydrogen-bond donors (Lipinski definition) is 0. The van der Waals surface area contributed by atoms with Crippen LogP contribution in [0, 0.1) is 6.92 Å². The van der Waals surface area contributed by atoms with E-state index in [0.717, 1.165) is 10.6 Å². The molecule has 0 atom stereocenters. The van der Waals surface area contributed by atoms with E-state index in [1.54, 1.807) is 12.1 Å². The number of halogens is 1. The van der Waals surface area contributed by atoms with Crippen LogP contribution in [0.4, 0.5) is 0 Å². The van der Waals surface area contributed by atoms with E-state index in [1.165, 1.54) is 28.2 Å². The Kier molecular flexibility index (Phi) is 6.19. The number of nitrogens with zero attached hydrogens (tertiary/aromatic N) is 1. The first kappa shape index (κ1) is 18.8. The van der Waals surface area contributed by atoms with Gasteiger partial charge in [-0.3, -0.25) is 9.59 Å². The van der Waals surface area contributed by atoms with Crippen molar-refractivity contribution in [2.45, 2.75) is 26.4 Å². The molecule has 7 heteroatoms. The van der Waals surface area contributed by atoms with E-state index >= 15 is 0 Å². The van der Waals surface area contributed by atoms with Crippen LogP contribution in [0.25, 0.3) is 10.6 Å². The van der Waals surface area contributed by atoms with Crippen LogP contribution in [0.2, 0.25) is 4.34 Å². The van der Waals surface area contributed by atoms with Gasteiger partial charge in [-0.2, -0.15) is 0 Å². The van der Waals surface area contributed by atoms with Crippen molar-refractivity contribution in [1.29, 1.82) is 0 Å². The summed E-state index contributed by atoms with van der Waals surface area (Å²) in [4.78, 5) is 28.9. The fourth-order valence-electron chi connectivity index (χ4n) is 2.23. The molecule has 0 aliphatic carbocycles. The molecule has 3 rings (SSSR count). The summed E-state index contributed by atoms with van der Waals surface area (Å²) < 4.78 is 5.78. The molecule has 4 nitrogen and oxygen atoms in total. The molecular formula is C19H16ClNO3S2. The maximum atomic E-state index is 12.0. The fourth-order valence-corrected chi connectivity index (χ4v) is 4.05. The highest BCUT2D eigenvalue weighted by Crippen LogP contribution is 2.25. The summed E-state index contributed by atoms with van der Waals surface area (Å²) in [5.41, 5.74) is 2.94. The number of ether oxygens (including phenoxy) is 1. The fraction of sp³-hybridized carbons (Fsp3) is 0.211. The topological polar surface area (TPSA) is 56.3 Å². The minimum atomic E-state index is -0.411. The Labute approximate surface area is 164 Å². The molecule has 2 aromatic heterocycles. The van der Waals surface area contributed by atoms with Gasteiger partial charge in [0, 0.05) is 17.4 Å².